The van der Waals surface area contributed by atoms with E-state index in [1.54, 1.807) is 18.8 Å². The normalized spacial score (nSPS) is 11.4. The fourth-order valence-corrected chi connectivity index (χ4v) is 3.48. The fraction of sp³-hybridized carbons (Fsp3) is 0.688. The molecule has 0 fully saturated rings. The van der Waals surface area contributed by atoms with E-state index in [9.17, 15) is 9.59 Å². The summed E-state index contributed by atoms with van der Waals surface area (Å²) in [7, 11) is 1.65. The lowest BCUT2D eigenvalue weighted by Crippen LogP contribution is -2.29. The van der Waals surface area contributed by atoms with Crippen molar-refractivity contribution in [2.45, 2.75) is 64.1 Å². The molecule has 0 saturated carbocycles. The van der Waals surface area contributed by atoms with E-state index in [0.29, 0.717) is 11.2 Å². The van der Waals surface area contributed by atoms with Gasteiger partial charge < -0.3 is 4.57 Å². The summed E-state index contributed by atoms with van der Waals surface area (Å²) in [6.07, 6.45) is 6.89. The molecule has 0 aliphatic heterocycles. The van der Waals surface area contributed by atoms with Gasteiger partial charge in [0.1, 0.15) is 0 Å². The lowest BCUT2D eigenvalue weighted by atomic mass is 10.1. The largest absolute Gasteiger partial charge is 0.329 e. The number of imidazole rings is 1. The van der Waals surface area contributed by atoms with Gasteiger partial charge >= 0.3 is 5.69 Å². The van der Waals surface area contributed by atoms with Crippen LogP contribution in [0.5, 0.6) is 0 Å². The number of H-pyrrole nitrogens is 1. The minimum Gasteiger partial charge on any atom is -0.313 e. The average molecular weight is 338 g/mol. The Bertz CT molecular complexity index is 760. The molecule has 0 radical (unpaired) electrons. The molecule has 0 aliphatic rings. The molecule has 0 saturated heterocycles. The fourth-order valence-electron chi connectivity index (χ4n) is 2.60. The summed E-state index contributed by atoms with van der Waals surface area (Å²) in [5, 5.41) is 0.837. The molecule has 2 rings (SSSR count). The van der Waals surface area contributed by atoms with Crippen molar-refractivity contribution in [2.24, 2.45) is 7.05 Å². The predicted molar refractivity (Wildman–Crippen MR) is 95.4 cm³/mol. The number of nitrogens with one attached hydrogen (secondary N) is 1. The maximum Gasteiger partial charge on any atom is 0.329 e. The Morgan fingerprint density at radius 3 is 2.52 bits per heavy atom. The zero-order chi connectivity index (χ0) is 16.8. The second kappa shape index (κ2) is 8.38. The Balaban J connectivity index is 2.36. The summed E-state index contributed by atoms with van der Waals surface area (Å²) in [4.78, 5) is 31.0. The topological polar surface area (TPSA) is 72.7 Å². The molecule has 2 aromatic heterocycles. The van der Waals surface area contributed by atoms with Crippen LogP contribution in [0.25, 0.3) is 11.2 Å². The molecule has 0 unspecified atom stereocenters. The third kappa shape index (κ3) is 4.07. The minimum atomic E-state index is -0.415. The highest BCUT2D eigenvalue weighted by Crippen LogP contribution is 2.22. The number of aryl methyl sites for hydroxylation is 2. The van der Waals surface area contributed by atoms with E-state index in [2.05, 4.69) is 23.8 Å². The van der Waals surface area contributed by atoms with Crippen molar-refractivity contribution < 1.29 is 0 Å². The van der Waals surface area contributed by atoms with Crippen LogP contribution in [0.3, 0.4) is 0 Å². The van der Waals surface area contributed by atoms with Crippen molar-refractivity contribution in [3.8, 4) is 0 Å². The van der Waals surface area contributed by atoms with Crippen LogP contribution in [0.2, 0.25) is 0 Å². The van der Waals surface area contributed by atoms with E-state index in [4.69, 9.17) is 0 Å². The lowest BCUT2D eigenvalue weighted by molar-refractivity contribution is 0.552. The summed E-state index contributed by atoms with van der Waals surface area (Å²) in [5.41, 5.74) is 0.238. The van der Waals surface area contributed by atoms with Crippen molar-refractivity contribution in [1.29, 1.82) is 0 Å². The number of hydrogen-bond donors (Lipinski definition) is 1. The maximum absolute atomic E-state index is 12.3. The Hall–Kier alpha value is -1.50. The number of nitrogens with zero attached hydrogens (tertiary/aromatic N) is 3. The molecule has 128 valence electrons. The highest BCUT2D eigenvalue weighted by Gasteiger charge is 2.17. The third-order valence-electron chi connectivity index (χ3n) is 3.89. The highest BCUT2D eigenvalue weighted by molar-refractivity contribution is 7.99. The maximum atomic E-state index is 12.3. The minimum absolute atomic E-state index is 0.340. The number of aromatic amines is 1. The van der Waals surface area contributed by atoms with Crippen molar-refractivity contribution >= 4 is 22.9 Å². The van der Waals surface area contributed by atoms with Crippen LogP contribution >= 0.6 is 11.8 Å². The predicted octanol–water partition coefficient (Wildman–Crippen LogP) is 2.90. The standard InChI is InChI=1S/C16H26N4O2S/c1-4-6-7-8-9-10-20-12-13(17-16(20)23-11-5-2)19(3)15(22)18-14(12)21/h4-11H2,1-3H3,(H,18,21,22). The van der Waals surface area contributed by atoms with Gasteiger partial charge in [0, 0.05) is 19.3 Å². The van der Waals surface area contributed by atoms with Crippen LogP contribution in [-0.4, -0.2) is 24.9 Å². The highest BCUT2D eigenvalue weighted by atomic mass is 32.2. The van der Waals surface area contributed by atoms with Crippen LogP contribution in [0.15, 0.2) is 14.7 Å². The Morgan fingerprint density at radius 2 is 1.83 bits per heavy atom. The van der Waals surface area contributed by atoms with Gasteiger partial charge in [-0.15, -0.1) is 0 Å². The van der Waals surface area contributed by atoms with Gasteiger partial charge in [0.2, 0.25) is 0 Å². The van der Waals surface area contributed by atoms with Crippen LogP contribution in [0.4, 0.5) is 0 Å². The second-order valence-electron chi connectivity index (χ2n) is 5.80. The van der Waals surface area contributed by atoms with Gasteiger partial charge in [0.15, 0.2) is 16.3 Å². The van der Waals surface area contributed by atoms with Crippen LogP contribution in [-0.2, 0) is 13.6 Å². The van der Waals surface area contributed by atoms with Gasteiger partial charge in [-0.25, -0.2) is 9.78 Å². The quantitative estimate of drug-likeness (QED) is 0.563. The zero-order valence-electron chi connectivity index (χ0n) is 14.2. The van der Waals surface area contributed by atoms with E-state index in [1.165, 1.54) is 23.8 Å². The Kier molecular flexibility index (Phi) is 6.50. The molecule has 23 heavy (non-hydrogen) atoms. The molecule has 2 aromatic rings. The summed E-state index contributed by atoms with van der Waals surface area (Å²) in [5.74, 6) is 0.949. The molecule has 0 atom stereocenters. The molecule has 1 N–H and O–H groups in total. The Labute approximate surface area is 140 Å². The smallest absolute Gasteiger partial charge is 0.313 e. The average Bonchev–Trinajstić information content (AvgIpc) is 2.90. The summed E-state index contributed by atoms with van der Waals surface area (Å²) in [6, 6.07) is 0. The number of rotatable bonds is 9. The van der Waals surface area contributed by atoms with E-state index < -0.39 is 5.69 Å². The molecule has 0 bridgehead atoms. The summed E-state index contributed by atoms with van der Waals surface area (Å²) < 4.78 is 3.40. The first-order valence-corrected chi connectivity index (χ1v) is 9.41. The van der Waals surface area contributed by atoms with E-state index in [1.807, 2.05) is 4.57 Å². The first-order chi connectivity index (χ1) is 11.1. The Morgan fingerprint density at radius 1 is 1.09 bits per heavy atom. The molecule has 0 spiro atoms. The van der Waals surface area contributed by atoms with E-state index >= 15 is 0 Å². The third-order valence-corrected chi connectivity index (χ3v) is 5.07. The number of aromatic nitrogens is 4. The van der Waals surface area contributed by atoms with Gasteiger partial charge in [0.25, 0.3) is 5.56 Å². The van der Waals surface area contributed by atoms with Gasteiger partial charge in [-0.1, -0.05) is 51.3 Å². The molecular formula is C16H26N4O2S. The molecular weight excluding hydrogens is 312 g/mol. The molecule has 0 amide bonds. The zero-order valence-corrected chi connectivity index (χ0v) is 15.0. The van der Waals surface area contributed by atoms with Gasteiger partial charge in [-0.2, -0.15) is 0 Å². The van der Waals surface area contributed by atoms with Crippen LogP contribution < -0.4 is 11.2 Å². The van der Waals surface area contributed by atoms with E-state index in [0.717, 1.165) is 36.7 Å². The van der Waals surface area contributed by atoms with Gasteiger partial charge in [0.05, 0.1) is 0 Å². The molecule has 0 aromatic carbocycles. The number of hydrogen-bond acceptors (Lipinski definition) is 4. The van der Waals surface area contributed by atoms with Crippen molar-refractivity contribution in [3.63, 3.8) is 0 Å². The van der Waals surface area contributed by atoms with Gasteiger partial charge in [-0.3, -0.25) is 14.3 Å². The number of fused-ring (bicyclic) bond motifs is 1. The van der Waals surface area contributed by atoms with Crippen molar-refractivity contribution in [1.82, 2.24) is 19.1 Å². The van der Waals surface area contributed by atoms with Gasteiger partial charge in [-0.05, 0) is 12.8 Å². The van der Waals surface area contributed by atoms with E-state index in [-0.39, 0.29) is 5.56 Å². The summed E-state index contributed by atoms with van der Waals surface area (Å²) >= 11 is 1.65. The molecule has 7 heteroatoms. The molecule has 6 nitrogen and oxygen atoms in total. The SMILES string of the molecule is CCCCCCCn1c(SCCC)nc2c1c(=O)[nH]c(=O)n2C. The first kappa shape index (κ1) is 17.8. The van der Waals surface area contributed by atoms with Crippen molar-refractivity contribution in [2.75, 3.05) is 5.75 Å². The van der Waals surface area contributed by atoms with Crippen LogP contribution in [0, 0.1) is 0 Å². The monoisotopic (exact) mass is 338 g/mol. The molecule has 2 heterocycles. The number of thioether (sulfide) groups is 1. The second-order valence-corrected chi connectivity index (χ2v) is 6.86. The summed E-state index contributed by atoms with van der Waals surface area (Å²) in [6.45, 7) is 5.09. The molecule has 0 aliphatic carbocycles. The lowest BCUT2D eigenvalue weighted by Gasteiger charge is -2.08. The number of unbranched alkanes of at least 4 members (excludes halogenated alkanes) is 4. The van der Waals surface area contributed by atoms with Crippen molar-refractivity contribution in [3.05, 3.63) is 20.8 Å². The van der Waals surface area contributed by atoms with Crippen LogP contribution in [0.1, 0.15) is 52.4 Å². The first-order valence-electron chi connectivity index (χ1n) is 8.42.